The van der Waals surface area contributed by atoms with Gasteiger partial charge in [-0.15, -0.1) is 0 Å². The average molecular weight is 214 g/mol. The van der Waals surface area contributed by atoms with E-state index in [9.17, 15) is 13.2 Å². The van der Waals surface area contributed by atoms with Crippen LogP contribution in [0.25, 0.3) is 0 Å². The molecule has 0 amide bonds. The second kappa shape index (κ2) is 5.54. The lowest BCUT2D eigenvalue weighted by atomic mass is 10.2. The summed E-state index contributed by atoms with van der Waals surface area (Å²) in [5.41, 5.74) is 0.474. The predicted molar refractivity (Wildman–Crippen MR) is 56.3 cm³/mol. The summed E-state index contributed by atoms with van der Waals surface area (Å²) < 4.78 is 21.9. The normalized spacial score (nSPS) is 9.93. The highest BCUT2D eigenvalue weighted by atomic mass is 32.2. The highest BCUT2D eigenvalue weighted by molar-refractivity contribution is 7.90. The zero-order chi connectivity index (χ0) is 11.2. The van der Waals surface area contributed by atoms with Crippen molar-refractivity contribution >= 4 is 16.1 Å². The van der Waals surface area contributed by atoms with Gasteiger partial charge in [-0.3, -0.25) is 4.79 Å². The summed E-state index contributed by atoms with van der Waals surface area (Å²) in [5, 5.41) is 0. The largest absolute Gasteiger partial charge is 0.298 e. The van der Waals surface area contributed by atoms with Crippen molar-refractivity contribution in [1.29, 1.82) is 0 Å². The Morgan fingerprint density at radius 2 is 1.50 bits per heavy atom. The monoisotopic (exact) mass is 214 g/mol. The summed E-state index contributed by atoms with van der Waals surface area (Å²) >= 11 is 0. The second-order valence-electron chi connectivity index (χ2n) is 2.46. The van der Waals surface area contributed by atoms with Crippen molar-refractivity contribution in [3.05, 3.63) is 29.8 Å². The van der Waals surface area contributed by atoms with Crippen molar-refractivity contribution in [1.82, 2.24) is 0 Å². The number of carbonyl (C=O) groups is 1. The molecule has 78 valence electrons. The van der Waals surface area contributed by atoms with Crippen LogP contribution in [0, 0.1) is 0 Å². The molecule has 0 heterocycles. The number of hydrogen-bond donors (Lipinski definition) is 0. The molecule has 0 spiro atoms. The molecular formula is C10H14O3S. The Morgan fingerprint density at radius 1 is 1.07 bits per heavy atom. The van der Waals surface area contributed by atoms with Gasteiger partial charge in [0.05, 0.1) is 4.90 Å². The molecule has 0 unspecified atom stereocenters. The topological polar surface area (TPSA) is 51.2 Å². The highest BCUT2D eigenvalue weighted by Gasteiger charge is 2.04. The van der Waals surface area contributed by atoms with Crippen LogP contribution in [-0.2, 0) is 9.84 Å². The van der Waals surface area contributed by atoms with Crippen LogP contribution in [0.15, 0.2) is 29.2 Å². The Labute approximate surface area is 84.7 Å². The third-order valence-corrected chi connectivity index (χ3v) is 2.57. The van der Waals surface area contributed by atoms with E-state index in [1.54, 1.807) is 0 Å². The minimum Gasteiger partial charge on any atom is -0.298 e. The quantitative estimate of drug-likeness (QED) is 0.707. The number of sulfone groups is 1. The minimum absolute atomic E-state index is 0.230. The van der Waals surface area contributed by atoms with Crippen LogP contribution in [0.1, 0.15) is 24.2 Å². The first-order chi connectivity index (χ1) is 6.54. The lowest BCUT2D eigenvalue weighted by Crippen LogP contribution is -1.96. The molecule has 1 rings (SSSR count). The second-order valence-corrected chi connectivity index (χ2v) is 4.47. The SMILES string of the molecule is CC.CS(=O)(=O)c1ccc(C=O)cc1. The molecule has 0 aliphatic carbocycles. The Hall–Kier alpha value is -1.16. The van der Waals surface area contributed by atoms with Gasteiger partial charge in [-0.1, -0.05) is 26.0 Å². The summed E-state index contributed by atoms with van der Waals surface area (Å²) in [6.45, 7) is 4.00. The van der Waals surface area contributed by atoms with Crippen LogP contribution in [0.2, 0.25) is 0 Å². The van der Waals surface area contributed by atoms with Gasteiger partial charge in [-0.25, -0.2) is 8.42 Å². The van der Waals surface area contributed by atoms with Crippen LogP contribution in [-0.4, -0.2) is 21.0 Å². The van der Waals surface area contributed by atoms with Crippen molar-refractivity contribution in [2.24, 2.45) is 0 Å². The van der Waals surface area contributed by atoms with Gasteiger partial charge in [0, 0.05) is 11.8 Å². The Kier molecular flexibility index (Phi) is 5.09. The van der Waals surface area contributed by atoms with Crippen LogP contribution >= 0.6 is 0 Å². The van der Waals surface area contributed by atoms with E-state index in [0.717, 1.165) is 6.26 Å². The van der Waals surface area contributed by atoms with E-state index in [2.05, 4.69) is 0 Å². The first kappa shape index (κ1) is 12.8. The standard InChI is InChI=1S/C8H8O3S.C2H6/c1-12(10,11)8-4-2-7(6-9)3-5-8;1-2/h2-6H,1H3;1-2H3. The van der Waals surface area contributed by atoms with E-state index in [4.69, 9.17) is 0 Å². The first-order valence-electron chi connectivity index (χ1n) is 4.29. The van der Waals surface area contributed by atoms with Crippen LogP contribution < -0.4 is 0 Å². The minimum atomic E-state index is -3.14. The van der Waals surface area contributed by atoms with Gasteiger partial charge in [0.2, 0.25) is 0 Å². The molecule has 0 aromatic heterocycles. The van der Waals surface area contributed by atoms with E-state index in [1.165, 1.54) is 24.3 Å². The van der Waals surface area contributed by atoms with E-state index in [0.29, 0.717) is 11.8 Å². The molecule has 14 heavy (non-hydrogen) atoms. The summed E-state index contributed by atoms with van der Waals surface area (Å²) in [4.78, 5) is 10.4. The average Bonchev–Trinajstić information content (AvgIpc) is 2.20. The van der Waals surface area contributed by atoms with E-state index in [-0.39, 0.29) is 4.90 Å². The van der Waals surface area contributed by atoms with Crippen LogP contribution in [0.3, 0.4) is 0 Å². The number of carbonyl (C=O) groups excluding carboxylic acids is 1. The Morgan fingerprint density at radius 3 is 1.79 bits per heavy atom. The molecule has 0 fully saturated rings. The van der Waals surface area contributed by atoms with Crippen LogP contribution in [0.4, 0.5) is 0 Å². The van der Waals surface area contributed by atoms with Crippen molar-refractivity contribution in [3.8, 4) is 0 Å². The maximum Gasteiger partial charge on any atom is 0.175 e. The summed E-state index contributed by atoms with van der Waals surface area (Å²) in [6, 6.07) is 5.78. The molecular weight excluding hydrogens is 200 g/mol. The third kappa shape index (κ3) is 3.70. The summed E-state index contributed by atoms with van der Waals surface area (Å²) in [6.07, 6.45) is 1.80. The third-order valence-electron chi connectivity index (χ3n) is 1.44. The van der Waals surface area contributed by atoms with E-state index in [1.807, 2.05) is 13.8 Å². The zero-order valence-corrected chi connectivity index (χ0v) is 9.34. The molecule has 1 aromatic rings. The molecule has 0 N–H and O–H groups in total. The molecule has 0 saturated heterocycles. The summed E-state index contributed by atoms with van der Waals surface area (Å²) in [5.74, 6) is 0. The van der Waals surface area contributed by atoms with E-state index < -0.39 is 9.84 Å². The van der Waals surface area contributed by atoms with Crippen molar-refractivity contribution in [3.63, 3.8) is 0 Å². The molecule has 0 aliphatic rings. The molecule has 4 heteroatoms. The highest BCUT2D eigenvalue weighted by Crippen LogP contribution is 2.08. The fourth-order valence-corrected chi connectivity index (χ4v) is 1.42. The number of hydrogen-bond acceptors (Lipinski definition) is 3. The fraction of sp³-hybridized carbons (Fsp3) is 0.300. The Balaban J connectivity index is 0.000000791. The van der Waals surface area contributed by atoms with Gasteiger partial charge < -0.3 is 0 Å². The maximum atomic E-state index is 10.9. The summed E-state index contributed by atoms with van der Waals surface area (Å²) in [7, 11) is -3.14. The number of rotatable bonds is 2. The lowest BCUT2D eigenvalue weighted by molar-refractivity contribution is 0.112. The molecule has 0 saturated carbocycles. The number of benzene rings is 1. The molecule has 0 aliphatic heterocycles. The predicted octanol–water partition coefficient (Wildman–Crippen LogP) is 1.93. The molecule has 0 atom stereocenters. The molecule has 3 nitrogen and oxygen atoms in total. The van der Waals surface area contributed by atoms with Gasteiger partial charge >= 0.3 is 0 Å². The van der Waals surface area contributed by atoms with Crippen molar-refractivity contribution in [2.75, 3.05) is 6.26 Å². The molecule has 1 aromatic carbocycles. The first-order valence-corrected chi connectivity index (χ1v) is 6.18. The lowest BCUT2D eigenvalue weighted by Gasteiger charge is -1.96. The van der Waals surface area contributed by atoms with Gasteiger partial charge in [0.25, 0.3) is 0 Å². The fourth-order valence-electron chi connectivity index (χ4n) is 0.794. The van der Waals surface area contributed by atoms with Crippen molar-refractivity contribution in [2.45, 2.75) is 18.7 Å². The number of aldehydes is 1. The van der Waals surface area contributed by atoms with E-state index >= 15 is 0 Å². The molecule has 0 radical (unpaired) electrons. The zero-order valence-electron chi connectivity index (χ0n) is 8.52. The Bertz CT molecular complexity index is 376. The van der Waals surface area contributed by atoms with Crippen LogP contribution in [0.5, 0.6) is 0 Å². The van der Waals surface area contributed by atoms with Gasteiger partial charge in [-0.05, 0) is 12.1 Å². The maximum absolute atomic E-state index is 10.9. The molecule has 0 bridgehead atoms. The smallest absolute Gasteiger partial charge is 0.175 e. The van der Waals surface area contributed by atoms with Crippen molar-refractivity contribution < 1.29 is 13.2 Å². The van der Waals surface area contributed by atoms with Gasteiger partial charge in [-0.2, -0.15) is 0 Å². The van der Waals surface area contributed by atoms with Gasteiger partial charge in [0.15, 0.2) is 9.84 Å². The van der Waals surface area contributed by atoms with Gasteiger partial charge in [0.1, 0.15) is 6.29 Å².